The van der Waals surface area contributed by atoms with Gasteiger partial charge in [0.15, 0.2) is 0 Å². The van der Waals surface area contributed by atoms with Crippen LogP contribution >= 0.6 is 31.9 Å². The third kappa shape index (κ3) is 4.11. The van der Waals surface area contributed by atoms with Gasteiger partial charge in [0.25, 0.3) is 0 Å². The van der Waals surface area contributed by atoms with Crippen LogP contribution in [0, 0.1) is 11.3 Å². The molecule has 0 unspecified atom stereocenters. The van der Waals surface area contributed by atoms with E-state index in [0.29, 0.717) is 5.57 Å². The molecule has 6 heteroatoms. The standard InChI is InChI=1S/C24H21Br2N3O/c1-2-29-13-17(11-15-3-7-18(25)8-4-15)23-21(14-29)22(20(12-27)24(28)30-23)16-5-9-19(26)10-6-16/h3-11,22H,2,13-14,28H2,1H3/b17-11+/t22-/m0/s1. The number of allylic oxidation sites excluding steroid dienone is 1. The quantitative estimate of drug-likeness (QED) is 0.557. The number of rotatable bonds is 3. The minimum absolute atomic E-state index is 0.191. The van der Waals surface area contributed by atoms with E-state index in [0.717, 1.165) is 56.6 Å². The predicted octanol–water partition coefficient (Wildman–Crippen LogP) is 5.69. The zero-order valence-electron chi connectivity index (χ0n) is 16.5. The van der Waals surface area contributed by atoms with Crippen molar-refractivity contribution in [1.29, 1.82) is 5.26 Å². The number of ether oxygens (including phenoxy) is 1. The molecular formula is C24H21Br2N3O. The molecule has 0 saturated heterocycles. The number of nitrogens with two attached hydrogens (primary N) is 1. The van der Waals surface area contributed by atoms with Crippen LogP contribution < -0.4 is 5.73 Å². The summed E-state index contributed by atoms with van der Waals surface area (Å²) in [5.74, 6) is 0.775. The maximum absolute atomic E-state index is 9.86. The molecule has 2 heterocycles. The zero-order valence-corrected chi connectivity index (χ0v) is 19.7. The van der Waals surface area contributed by atoms with Gasteiger partial charge in [-0.2, -0.15) is 5.26 Å². The zero-order chi connectivity index (χ0) is 21.3. The van der Waals surface area contributed by atoms with Crippen LogP contribution in [0.15, 0.2) is 85.8 Å². The summed E-state index contributed by atoms with van der Waals surface area (Å²) < 4.78 is 8.11. The summed E-state index contributed by atoms with van der Waals surface area (Å²) in [5, 5.41) is 9.86. The minimum atomic E-state index is -0.213. The van der Waals surface area contributed by atoms with E-state index >= 15 is 0 Å². The fraction of sp³-hybridized carbons (Fsp3) is 0.208. The molecule has 0 aromatic heterocycles. The van der Waals surface area contributed by atoms with Gasteiger partial charge in [-0.15, -0.1) is 0 Å². The van der Waals surface area contributed by atoms with E-state index in [1.54, 1.807) is 0 Å². The Morgan fingerprint density at radius 3 is 2.33 bits per heavy atom. The molecule has 0 saturated carbocycles. The normalized spacial score (nSPS) is 20.7. The number of hydrogen-bond acceptors (Lipinski definition) is 4. The molecular weight excluding hydrogens is 506 g/mol. The Morgan fingerprint density at radius 2 is 1.73 bits per heavy atom. The molecule has 4 rings (SSSR count). The Morgan fingerprint density at radius 1 is 1.10 bits per heavy atom. The van der Waals surface area contributed by atoms with Crippen molar-refractivity contribution in [2.75, 3.05) is 19.6 Å². The van der Waals surface area contributed by atoms with E-state index < -0.39 is 0 Å². The van der Waals surface area contributed by atoms with Crippen LogP contribution in [-0.2, 0) is 4.74 Å². The Balaban J connectivity index is 1.86. The van der Waals surface area contributed by atoms with E-state index in [1.165, 1.54) is 0 Å². The second-order valence-electron chi connectivity index (χ2n) is 7.36. The fourth-order valence-corrected chi connectivity index (χ4v) is 4.49. The Labute approximate surface area is 193 Å². The first-order valence-electron chi connectivity index (χ1n) is 9.75. The van der Waals surface area contributed by atoms with Crippen molar-refractivity contribution < 1.29 is 4.74 Å². The van der Waals surface area contributed by atoms with Crippen molar-refractivity contribution in [3.05, 3.63) is 97.0 Å². The van der Waals surface area contributed by atoms with Crippen molar-refractivity contribution >= 4 is 37.9 Å². The van der Waals surface area contributed by atoms with Gasteiger partial charge in [0.2, 0.25) is 5.88 Å². The lowest BCUT2D eigenvalue weighted by molar-refractivity contribution is 0.239. The highest BCUT2D eigenvalue weighted by Gasteiger charge is 2.37. The summed E-state index contributed by atoms with van der Waals surface area (Å²) in [6, 6.07) is 18.5. The highest BCUT2D eigenvalue weighted by molar-refractivity contribution is 9.10. The van der Waals surface area contributed by atoms with E-state index in [2.05, 4.69) is 68.0 Å². The van der Waals surface area contributed by atoms with Crippen LogP contribution in [0.25, 0.3) is 6.08 Å². The lowest BCUT2D eigenvalue weighted by atomic mass is 9.80. The van der Waals surface area contributed by atoms with Crippen molar-refractivity contribution in [3.63, 3.8) is 0 Å². The molecule has 2 N–H and O–H groups in total. The van der Waals surface area contributed by atoms with Gasteiger partial charge in [0.1, 0.15) is 17.4 Å². The predicted molar refractivity (Wildman–Crippen MR) is 126 cm³/mol. The second-order valence-corrected chi connectivity index (χ2v) is 9.19. The summed E-state index contributed by atoms with van der Waals surface area (Å²) in [6.45, 7) is 4.56. The smallest absolute Gasteiger partial charge is 0.205 e. The Bertz CT molecular complexity index is 1090. The third-order valence-corrected chi connectivity index (χ3v) is 6.53. The molecule has 0 amide bonds. The molecule has 2 aromatic rings. The number of benzene rings is 2. The van der Waals surface area contributed by atoms with Gasteiger partial charge in [-0.25, -0.2) is 0 Å². The summed E-state index contributed by atoms with van der Waals surface area (Å²) in [4.78, 5) is 2.36. The molecule has 2 aromatic carbocycles. The van der Waals surface area contributed by atoms with E-state index in [4.69, 9.17) is 10.5 Å². The molecule has 0 bridgehead atoms. The van der Waals surface area contributed by atoms with Crippen molar-refractivity contribution in [1.82, 2.24) is 4.90 Å². The average Bonchev–Trinajstić information content (AvgIpc) is 2.75. The molecule has 152 valence electrons. The van der Waals surface area contributed by atoms with Crippen LogP contribution in [0.3, 0.4) is 0 Å². The van der Waals surface area contributed by atoms with Crippen LogP contribution in [-0.4, -0.2) is 24.5 Å². The van der Waals surface area contributed by atoms with Crippen molar-refractivity contribution in [2.24, 2.45) is 5.73 Å². The van der Waals surface area contributed by atoms with Crippen molar-refractivity contribution in [2.45, 2.75) is 12.8 Å². The molecule has 0 radical (unpaired) electrons. The highest BCUT2D eigenvalue weighted by Crippen LogP contribution is 2.43. The number of nitriles is 1. The molecule has 30 heavy (non-hydrogen) atoms. The summed E-state index contributed by atoms with van der Waals surface area (Å²) in [5.41, 5.74) is 11.0. The lowest BCUT2D eigenvalue weighted by Crippen LogP contribution is -2.38. The number of nitrogens with zero attached hydrogens (tertiary/aromatic N) is 2. The average molecular weight is 527 g/mol. The summed E-state index contributed by atoms with van der Waals surface area (Å²) in [7, 11) is 0. The maximum atomic E-state index is 9.86. The maximum Gasteiger partial charge on any atom is 0.205 e. The van der Waals surface area contributed by atoms with Crippen LogP contribution in [0.5, 0.6) is 0 Å². The van der Waals surface area contributed by atoms with Gasteiger partial charge in [0, 0.05) is 27.6 Å². The third-order valence-electron chi connectivity index (χ3n) is 5.47. The minimum Gasteiger partial charge on any atom is -0.440 e. The van der Waals surface area contributed by atoms with Gasteiger partial charge < -0.3 is 10.5 Å². The van der Waals surface area contributed by atoms with Crippen LogP contribution in [0.2, 0.25) is 0 Å². The summed E-state index contributed by atoms with van der Waals surface area (Å²) >= 11 is 6.98. The first-order chi connectivity index (χ1) is 14.5. The number of halogens is 2. The van der Waals surface area contributed by atoms with E-state index in [9.17, 15) is 5.26 Å². The van der Waals surface area contributed by atoms with E-state index in [-0.39, 0.29) is 11.8 Å². The van der Waals surface area contributed by atoms with E-state index in [1.807, 2.05) is 36.4 Å². The summed E-state index contributed by atoms with van der Waals surface area (Å²) in [6.07, 6.45) is 2.15. The molecule has 2 aliphatic heterocycles. The van der Waals surface area contributed by atoms with Gasteiger partial charge in [-0.05, 0) is 53.6 Å². The topological polar surface area (TPSA) is 62.3 Å². The molecule has 2 aliphatic rings. The van der Waals surface area contributed by atoms with Gasteiger partial charge in [-0.1, -0.05) is 63.0 Å². The fourth-order valence-electron chi connectivity index (χ4n) is 3.96. The molecule has 0 aliphatic carbocycles. The Hall–Kier alpha value is -2.33. The largest absolute Gasteiger partial charge is 0.440 e. The SMILES string of the molecule is CCN1CC2=C(OC(N)=C(C#N)[C@@H]2c2ccc(Br)cc2)/C(=C/c2ccc(Br)cc2)C1. The van der Waals surface area contributed by atoms with Gasteiger partial charge in [0.05, 0.1) is 5.92 Å². The number of likely N-dealkylation sites (N-methyl/N-ethyl adjacent to an activating group) is 1. The molecule has 0 fully saturated rings. The second kappa shape index (κ2) is 8.81. The molecule has 0 spiro atoms. The number of hydrogen-bond donors (Lipinski definition) is 1. The first kappa shape index (κ1) is 20.9. The van der Waals surface area contributed by atoms with Crippen molar-refractivity contribution in [3.8, 4) is 6.07 Å². The van der Waals surface area contributed by atoms with Gasteiger partial charge >= 0.3 is 0 Å². The van der Waals surface area contributed by atoms with Crippen LogP contribution in [0.1, 0.15) is 24.0 Å². The monoisotopic (exact) mass is 525 g/mol. The van der Waals surface area contributed by atoms with Crippen LogP contribution in [0.4, 0.5) is 0 Å². The molecule has 4 nitrogen and oxygen atoms in total. The molecule has 1 atom stereocenters. The Kier molecular flexibility index (Phi) is 6.14. The lowest BCUT2D eigenvalue weighted by Gasteiger charge is -2.38. The van der Waals surface area contributed by atoms with Gasteiger partial charge in [-0.3, -0.25) is 4.90 Å². The highest BCUT2D eigenvalue weighted by atomic mass is 79.9. The first-order valence-corrected chi connectivity index (χ1v) is 11.3.